The van der Waals surface area contributed by atoms with Gasteiger partial charge >= 0.3 is 0 Å². The molecule has 102 valence electrons. The zero-order chi connectivity index (χ0) is 13.2. The molecule has 0 radical (unpaired) electrons. The fourth-order valence-corrected chi connectivity index (χ4v) is 2.54. The lowest BCUT2D eigenvalue weighted by molar-refractivity contribution is 0.186. The van der Waals surface area contributed by atoms with Gasteiger partial charge in [0.15, 0.2) is 5.58 Å². The first-order chi connectivity index (χ1) is 9.28. The number of rotatable bonds is 4. The van der Waals surface area contributed by atoms with E-state index in [-0.39, 0.29) is 5.92 Å². The molecule has 0 amide bonds. The van der Waals surface area contributed by atoms with Crippen molar-refractivity contribution in [3.8, 4) is 0 Å². The fraction of sp³-hybridized carbons (Fsp3) is 0.533. The number of oxazole rings is 1. The van der Waals surface area contributed by atoms with Gasteiger partial charge in [-0.25, -0.2) is 4.98 Å². The van der Waals surface area contributed by atoms with E-state index in [9.17, 15) is 0 Å². The Labute approximate surface area is 113 Å². The van der Waals surface area contributed by atoms with Crippen LogP contribution in [-0.2, 0) is 4.74 Å². The molecule has 1 fully saturated rings. The van der Waals surface area contributed by atoms with Gasteiger partial charge in [0.2, 0.25) is 5.89 Å². The Morgan fingerprint density at radius 2 is 2.26 bits per heavy atom. The second kappa shape index (κ2) is 5.31. The fourth-order valence-electron chi connectivity index (χ4n) is 2.54. The summed E-state index contributed by atoms with van der Waals surface area (Å²) in [7, 11) is 0. The van der Waals surface area contributed by atoms with Gasteiger partial charge in [-0.3, -0.25) is 0 Å². The number of ether oxygens (including phenoxy) is 1. The molecule has 0 aliphatic carbocycles. The third kappa shape index (κ3) is 2.51. The molecule has 19 heavy (non-hydrogen) atoms. The minimum atomic E-state index is 0.222. The van der Waals surface area contributed by atoms with Gasteiger partial charge in [0.25, 0.3) is 0 Å². The molecule has 2 unspecified atom stereocenters. The topological polar surface area (TPSA) is 47.3 Å². The summed E-state index contributed by atoms with van der Waals surface area (Å²) in [6.45, 7) is 6.66. The van der Waals surface area contributed by atoms with Crippen LogP contribution in [0.4, 0.5) is 0 Å². The molecule has 1 aromatic carbocycles. The number of fused-ring (bicyclic) bond motifs is 1. The zero-order valence-electron chi connectivity index (χ0n) is 11.5. The van der Waals surface area contributed by atoms with Crippen LogP contribution in [0.5, 0.6) is 0 Å². The first kappa shape index (κ1) is 12.6. The highest BCUT2D eigenvalue weighted by Crippen LogP contribution is 2.28. The van der Waals surface area contributed by atoms with Crippen molar-refractivity contribution in [3.05, 3.63) is 29.7 Å². The van der Waals surface area contributed by atoms with Gasteiger partial charge in [0.1, 0.15) is 5.52 Å². The highest BCUT2D eigenvalue weighted by atomic mass is 16.5. The van der Waals surface area contributed by atoms with Crippen LogP contribution in [-0.4, -0.2) is 30.8 Å². The van der Waals surface area contributed by atoms with E-state index in [1.165, 1.54) is 5.56 Å². The second-order valence-electron chi connectivity index (χ2n) is 5.23. The quantitative estimate of drug-likeness (QED) is 0.918. The summed E-state index contributed by atoms with van der Waals surface area (Å²) < 4.78 is 11.5. The molecule has 0 spiro atoms. The van der Waals surface area contributed by atoms with Gasteiger partial charge in [-0.1, -0.05) is 13.0 Å². The molecule has 0 bridgehead atoms. The van der Waals surface area contributed by atoms with E-state index in [0.717, 1.165) is 36.6 Å². The van der Waals surface area contributed by atoms with Crippen LogP contribution < -0.4 is 5.32 Å². The number of aryl methyl sites for hydroxylation is 1. The minimum Gasteiger partial charge on any atom is -0.440 e. The van der Waals surface area contributed by atoms with E-state index in [1.807, 2.05) is 12.1 Å². The average Bonchev–Trinajstić information content (AvgIpc) is 3.01. The van der Waals surface area contributed by atoms with Crippen LogP contribution >= 0.6 is 0 Å². The molecule has 4 heteroatoms. The van der Waals surface area contributed by atoms with Crippen molar-refractivity contribution in [2.24, 2.45) is 0 Å². The predicted molar refractivity (Wildman–Crippen MR) is 74.4 cm³/mol. The summed E-state index contributed by atoms with van der Waals surface area (Å²) in [4.78, 5) is 4.61. The molecule has 0 saturated carbocycles. The second-order valence-corrected chi connectivity index (χ2v) is 5.23. The minimum absolute atomic E-state index is 0.222. The number of nitrogens with one attached hydrogen (secondary N) is 1. The summed E-state index contributed by atoms with van der Waals surface area (Å²) >= 11 is 0. The van der Waals surface area contributed by atoms with Crippen LogP contribution in [0.3, 0.4) is 0 Å². The van der Waals surface area contributed by atoms with Gasteiger partial charge in [-0.05, 0) is 37.6 Å². The third-order valence-corrected chi connectivity index (χ3v) is 3.61. The summed E-state index contributed by atoms with van der Waals surface area (Å²) in [5.74, 6) is 1.02. The first-order valence-corrected chi connectivity index (χ1v) is 6.96. The predicted octanol–water partition coefficient (Wildman–Crippen LogP) is 2.62. The SMILES string of the molecule is CCCNC1COCC1c1nc2ccc(C)cc2o1. The van der Waals surface area contributed by atoms with Crippen LogP contribution in [0, 0.1) is 6.92 Å². The van der Waals surface area contributed by atoms with Crippen LogP contribution in [0.1, 0.15) is 30.7 Å². The maximum Gasteiger partial charge on any atom is 0.202 e. The lowest BCUT2D eigenvalue weighted by Gasteiger charge is -2.15. The maximum absolute atomic E-state index is 5.91. The zero-order valence-corrected chi connectivity index (χ0v) is 11.5. The number of hydrogen-bond donors (Lipinski definition) is 1. The molecule has 1 aliphatic rings. The van der Waals surface area contributed by atoms with Gasteiger partial charge in [0, 0.05) is 6.04 Å². The van der Waals surface area contributed by atoms with Crippen molar-refractivity contribution in [2.75, 3.05) is 19.8 Å². The Bertz CT molecular complexity index is 564. The highest BCUT2D eigenvalue weighted by molar-refractivity contribution is 5.73. The largest absolute Gasteiger partial charge is 0.440 e. The Balaban J connectivity index is 1.86. The van der Waals surface area contributed by atoms with Gasteiger partial charge in [-0.2, -0.15) is 0 Å². The van der Waals surface area contributed by atoms with Gasteiger partial charge in [0.05, 0.1) is 19.1 Å². The molecule has 2 atom stereocenters. The molecule has 1 aromatic heterocycles. The Morgan fingerprint density at radius 1 is 1.37 bits per heavy atom. The van der Waals surface area contributed by atoms with Crippen LogP contribution in [0.15, 0.2) is 22.6 Å². The number of hydrogen-bond acceptors (Lipinski definition) is 4. The van der Waals surface area contributed by atoms with Crippen molar-refractivity contribution in [1.82, 2.24) is 10.3 Å². The summed E-state index contributed by atoms with van der Waals surface area (Å²) in [6.07, 6.45) is 1.12. The van der Waals surface area contributed by atoms with Crippen molar-refractivity contribution in [2.45, 2.75) is 32.2 Å². The summed E-state index contributed by atoms with van der Waals surface area (Å²) in [5, 5.41) is 3.51. The Morgan fingerprint density at radius 3 is 3.11 bits per heavy atom. The molecule has 4 nitrogen and oxygen atoms in total. The third-order valence-electron chi connectivity index (χ3n) is 3.61. The molecule has 1 saturated heterocycles. The standard InChI is InChI=1S/C15H20N2O2/c1-3-6-16-13-9-18-8-11(13)15-17-12-5-4-10(2)7-14(12)19-15/h4-5,7,11,13,16H,3,6,8-9H2,1-2H3. The van der Waals surface area contributed by atoms with E-state index >= 15 is 0 Å². The molecule has 2 aromatic rings. The monoisotopic (exact) mass is 260 g/mol. The van der Waals surface area contributed by atoms with Crippen molar-refractivity contribution in [1.29, 1.82) is 0 Å². The molecule has 2 heterocycles. The van der Waals surface area contributed by atoms with E-state index in [1.54, 1.807) is 0 Å². The average molecular weight is 260 g/mol. The molecular weight excluding hydrogens is 240 g/mol. The Hall–Kier alpha value is -1.39. The normalized spacial score (nSPS) is 23.3. The molecule has 1 N–H and O–H groups in total. The molecular formula is C15H20N2O2. The maximum atomic E-state index is 5.91. The highest BCUT2D eigenvalue weighted by Gasteiger charge is 2.32. The lowest BCUT2D eigenvalue weighted by atomic mass is 10.0. The van der Waals surface area contributed by atoms with Crippen LogP contribution in [0.2, 0.25) is 0 Å². The van der Waals surface area contributed by atoms with E-state index in [0.29, 0.717) is 12.6 Å². The van der Waals surface area contributed by atoms with E-state index in [2.05, 4.69) is 30.2 Å². The summed E-state index contributed by atoms with van der Waals surface area (Å²) in [6, 6.07) is 6.43. The van der Waals surface area contributed by atoms with Crippen molar-refractivity contribution < 1.29 is 9.15 Å². The van der Waals surface area contributed by atoms with Gasteiger partial charge in [-0.15, -0.1) is 0 Å². The molecule has 1 aliphatic heterocycles. The van der Waals surface area contributed by atoms with Crippen molar-refractivity contribution >= 4 is 11.1 Å². The van der Waals surface area contributed by atoms with E-state index in [4.69, 9.17) is 9.15 Å². The number of nitrogens with zero attached hydrogens (tertiary/aromatic N) is 1. The smallest absolute Gasteiger partial charge is 0.202 e. The number of aromatic nitrogens is 1. The van der Waals surface area contributed by atoms with Gasteiger partial charge < -0.3 is 14.5 Å². The molecule has 3 rings (SSSR count). The van der Waals surface area contributed by atoms with Crippen LogP contribution in [0.25, 0.3) is 11.1 Å². The first-order valence-electron chi connectivity index (χ1n) is 6.96. The number of benzene rings is 1. The summed E-state index contributed by atoms with van der Waals surface area (Å²) in [5.41, 5.74) is 3.00. The Kier molecular flexibility index (Phi) is 3.53. The lowest BCUT2D eigenvalue weighted by Crippen LogP contribution is -2.34. The van der Waals surface area contributed by atoms with Crippen molar-refractivity contribution in [3.63, 3.8) is 0 Å². The van der Waals surface area contributed by atoms with E-state index < -0.39 is 0 Å².